The first-order chi connectivity index (χ1) is 12.0. The molecule has 0 spiro atoms. The van der Waals surface area contributed by atoms with Crippen LogP contribution in [0.2, 0.25) is 0 Å². The summed E-state index contributed by atoms with van der Waals surface area (Å²) in [5.74, 6) is -0.229. The first-order valence-corrected chi connectivity index (χ1v) is 8.31. The summed E-state index contributed by atoms with van der Waals surface area (Å²) in [5.41, 5.74) is 10.2. The maximum absolute atomic E-state index is 12.3. The van der Waals surface area contributed by atoms with Crippen molar-refractivity contribution in [3.8, 4) is 0 Å². The molecule has 0 radical (unpaired) electrons. The molecular formula is C18H22N4O3. The summed E-state index contributed by atoms with van der Waals surface area (Å²) in [6, 6.07) is 1.70. The Kier molecular flexibility index (Phi) is 4.39. The van der Waals surface area contributed by atoms with E-state index < -0.39 is 0 Å². The predicted molar refractivity (Wildman–Crippen MR) is 98.5 cm³/mol. The third kappa shape index (κ3) is 2.93. The van der Waals surface area contributed by atoms with E-state index in [0.717, 1.165) is 22.9 Å². The minimum Gasteiger partial charge on any atom is -0.510 e. The van der Waals surface area contributed by atoms with Crippen LogP contribution in [0.15, 0.2) is 23.7 Å². The van der Waals surface area contributed by atoms with Crippen LogP contribution in [0, 0.1) is 5.92 Å². The molecule has 1 aliphatic heterocycles. The average Bonchev–Trinajstić information content (AvgIpc) is 3.03. The molecule has 1 aliphatic rings. The number of aliphatic hydroxyl groups is 1. The Morgan fingerprint density at radius 2 is 2.28 bits per heavy atom. The van der Waals surface area contributed by atoms with Crippen LogP contribution in [0.4, 0.5) is 17.1 Å². The van der Waals surface area contributed by atoms with Crippen molar-refractivity contribution in [3.05, 3.63) is 29.3 Å². The first kappa shape index (κ1) is 16.9. The van der Waals surface area contributed by atoms with E-state index in [1.165, 1.54) is 0 Å². The maximum Gasteiger partial charge on any atom is 0.227 e. The number of rotatable bonds is 5. The van der Waals surface area contributed by atoms with Gasteiger partial charge < -0.3 is 31.3 Å². The second-order valence-corrected chi connectivity index (χ2v) is 6.35. The summed E-state index contributed by atoms with van der Waals surface area (Å²) in [7, 11) is 0. The van der Waals surface area contributed by atoms with Crippen molar-refractivity contribution in [3.63, 3.8) is 0 Å². The summed E-state index contributed by atoms with van der Waals surface area (Å²) >= 11 is 0. The third-order valence-electron chi connectivity index (χ3n) is 4.66. The van der Waals surface area contributed by atoms with E-state index in [4.69, 9.17) is 5.73 Å². The van der Waals surface area contributed by atoms with E-state index in [1.807, 2.05) is 20.0 Å². The molecule has 1 unspecified atom stereocenters. The third-order valence-corrected chi connectivity index (χ3v) is 4.66. The average molecular weight is 342 g/mol. The Labute approximate surface area is 145 Å². The number of aromatic amines is 1. The second kappa shape index (κ2) is 6.51. The van der Waals surface area contributed by atoms with Gasteiger partial charge in [0.2, 0.25) is 5.91 Å². The monoisotopic (exact) mass is 342 g/mol. The Hall–Kier alpha value is -2.96. The molecule has 0 bridgehead atoms. The van der Waals surface area contributed by atoms with Gasteiger partial charge in [-0.2, -0.15) is 0 Å². The van der Waals surface area contributed by atoms with Crippen molar-refractivity contribution in [1.29, 1.82) is 0 Å². The lowest BCUT2D eigenvalue weighted by Gasteiger charge is -2.23. The summed E-state index contributed by atoms with van der Waals surface area (Å²) < 4.78 is 0. The summed E-state index contributed by atoms with van der Waals surface area (Å²) in [6.45, 7) is 3.81. The highest BCUT2D eigenvalue weighted by atomic mass is 16.3. The highest BCUT2D eigenvalue weighted by Crippen LogP contribution is 2.42. The van der Waals surface area contributed by atoms with Gasteiger partial charge in [0.05, 0.1) is 34.7 Å². The van der Waals surface area contributed by atoms with Crippen molar-refractivity contribution < 1.29 is 14.7 Å². The molecule has 6 N–H and O–H groups in total. The molecule has 1 atom stereocenters. The zero-order valence-corrected chi connectivity index (χ0v) is 14.3. The molecule has 0 saturated heterocycles. The van der Waals surface area contributed by atoms with Gasteiger partial charge in [-0.25, -0.2) is 0 Å². The zero-order chi connectivity index (χ0) is 18.1. The van der Waals surface area contributed by atoms with Gasteiger partial charge in [-0.15, -0.1) is 0 Å². The van der Waals surface area contributed by atoms with Gasteiger partial charge in [-0.05, 0) is 18.1 Å². The van der Waals surface area contributed by atoms with Crippen molar-refractivity contribution in [2.24, 2.45) is 5.92 Å². The lowest BCUT2D eigenvalue weighted by atomic mass is 9.98. The molecule has 3 rings (SSSR count). The number of nitrogen functional groups attached to an aromatic ring is 1. The van der Waals surface area contributed by atoms with Gasteiger partial charge in [-0.1, -0.05) is 13.8 Å². The number of benzene rings is 1. The van der Waals surface area contributed by atoms with Crippen LogP contribution >= 0.6 is 0 Å². The van der Waals surface area contributed by atoms with Gasteiger partial charge in [0.25, 0.3) is 0 Å². The van der Waals surface area contributed by atoms with Crippen molar-refractivity contribution in [1.82, 2.24) is 4.98 Å². The number of nitrogens with two attached hydrogens (primary N) is 1. The highest BCUT2D eigenvalue weighted by Gasteiger charge is 2.25. The maximum atomic E-state index is 12.3. The molecule has 2 aromatic rings. The fourth-order valence-electron chi connectivity index (χ4n) is 2.98. The number of hydrogen-bond acceptors (Lipinski definition) is 5. The molecule has 0 aliphatic carbocycles. The van der Waals surface area contributed by atoms with Gasteiger partial charge in [0, 0.05) is 23.9 Å². The Bertz CT molecular complexity index is 882. The van der Waals surface area contributed by atoms with Crippen LogP contribution in [0.25, 0.3) is 10.9 Å². The number of anilines is 3. The van der Waals surface area contributed by atoms with E-state index in [1.54, 1.807) is 6.07 Å². The van der Waals surface area contributed by atoms with E-state index in [-0.39, 0.29) is 24.0 Å². The number of allylic oxidation sites excluding steroid dienone is 2. The Morgan fingerprint density at radius 1 is 1.52 bits per heavy atom. The number of nitrogens with one attached hydrogen (secondary N) is 3. The summed E-state index contributed by atoms with van der Waals surface area (Å²) in [5, 5.41) is 17.1. The van der Waals surface area contributed by atoms with Gasteiger partial charge in [-0.3, -0.25) is 4.79 Å². The quantitative estimate of drug-likeness (QED) is 0.325. The molecule has 7 heteroatoms. The van der Waals surface area contributed by atoms with E-state index in [2.05, 4.69) is 15.6 Å². The molecule has 7 nitrogen and oxygen atoms in total. The summed E-state index contributed by atoms with van der Waals surface area (Å²) in [6.07, 6.45) is 3.61. The molecule has 25 heavy (non-hydrogen) atoms. The van der Waals surface area contributed by atoms with Crippen LogP contribution in [0.3, 0.4) is 0 Å². The molecule has 132 valence electrons. The predicted octanol–water partition coefficient (Wildman–Crippen LogP) is 3.06. The van der Waals surface area contributed by atoms with Crippen molar-refractivity contribution >= 4 is 40.2 Å². The van der Waals surface area contributed by atoms with Crippen LogP contribution < -0.4 is 16.4 Å². The zero-order valence-electron chi connectivity index (χ0n) is 14.3. The number of aromatic nitrogens is 1. The fourth-order valence-corrected chi connectivity index (χ4v) is 2.98. The number of aldehydes is 1. The van der Waals surface area contributed by atoms with E-state index in [9.17, 15) is 14.7 Å². The molecule has 0 fully saturated rings. The molecule has 0 saturated carbocycles. The lowest BCUT2D eigenvalue weighted by Crippen LogP contribution is -2.22. The second-order valence-electron chi connectivity index (χ2n) is 6.35. The topological polar surface area (TPSA) is 120 Å². The number of aliphatic hydroxyl groups excluding tert-OH is 1. The van der Waals surface area contributed by atoms with Crippen LogP contribution in [-0.4, -0.2) is 22.3 Å². The SMILES string of the molecule is CCC(C)C(=O)Nc1cc(N)c2[nH]cc3c2c1N/C(=C(\O)CC=O)C3. The van der Waals surface area contributed by atoms with Crippen LogP contribution in [0.1, 0.15) is 32.3 Å². The molecule has 1 aromatic carbocycles. The Balaban J connectivity index is 2.11. The minimum absolute atomic E-state index is 0.00831. The largest absolute Gasteiger partial charge is 0.510 e. The molecule has 1 aromatic heterocycles. The van der Waals surface area contributed by atoms with Gasteiger partial charge in [0.15, 0.2) is 0 Å². The number of carbonyl (C=O) groups excluding carboxylic acids is 2. The normalized spacial score (nSPS) is 16.2. The van der Waals surface area contributed by atoms with Crippen LogP contribution in [-0.2, 0) is 16.0 Å². The highest BCUT2D eigenvalue weighted by molar-refractivity contribution is 6.11. The first-order valence-electron chi connectivity index (χ1n) is 8.31. The lowest BCUT2D eigenvalue weighted by molar-refractivity contribution is -0.119. The van der Waals surface area contributed by atoms with Crippen molar-refractivity contribution in [2.75, 3.05) is 16.4 Å². The number of H-pyrrole nitrogens is 1. The summed E-state index contributed by atoms with van der Waals surface area (Å²) in [4.78, 5) is 26.2. The van der Waals surface area contributed by atoms with E-state index in [0.29, 0.717) is 35.5 Å². The van der Waals surface area contributed by atoms with Crippen LogP contribution in [0.5, 0.6) is 0 Å². The fraction of sp³-hybridized carbons (Fsp3) is 0.333. The van der Waals surface area contributed by atoms with Gasteiger partial charge in [0.1, 0.15) is 12.0 Å². The number of carbonyl (C=O) groups is 2. The minimum atomic E-state index is -0.128. The van der Waals surface area contributed by atoms with Crippen molar-refractivity contribution in [2.45, 2.75) is 33.1 Å². The number of hydrogen-bond donors (Lipinski definition) is 5. The standard InChI is InChI=1S/C18H22N4O3/c1-3-9(2)18(25)22-13-7-11(19)16-15-10(8-20-16)6-12(21-17(13)15)14(24)4-5-23/h5,7-9,20-21,24H,3-4,6,19H2,1-2H3,(H,22,25)/b14-12-. The smallest absolute Gasteiger partial charge is 0.227 e. The van der Waals surface area contributed by atoms with E-state index >= 15 is 0 Å². The molecule has 1 amide bonds. The van der Waals surface area contributed by atoms with Gasteiger partial charge >= 0.3 is 0 Å². The molecule has 2 heterocycles. The number of amides is 1. The molecular weight excluding hydrogens is 320 g/mol. The Morgan fingerprint density at radius 3 is 2.96 bits per heavy atom.